The molecule has 0 amide bonds. The Bertz CT molecular complexity index is 603. The van der Waals surface area contributed by atoms with Gasteiger partial charge in [-0.3, -0.25) is 0 Å². The molecule has 21 heavy (non-hydrogen) atoms. The summed E-state index contributed by atoms with van der Waals surface area (Å²) >= 11 is 9.56. The van der Waals surface area contributed by atoms with Crippen LogP contribution in [0.3, 0.4) is 0 Å². The van der Waals surface area contributed by atoms with Crippen molar-refractivity contribution in [1.29, 1.82) is 0 Å². The van der Waals surface area contributed by atoms with Gasteiger partial charge in [0.2, 0.25) is 0 Å². The van der Waals surface area contributed by atoms with Crippen LogP contribution in [0, 0.1) is 11.7 Å². The average molecular weight is 372 g/mol. The van der Waals surface area contributed by atoms with Gasteiger partial charge in [0.15, 0.2) is 11.6 Å². The Hall–Kier alpha value is -1.06. The van der Waals surface area contributed by atoms with Crippen LogP contribution in [0.4, 0.5) is 4.39 Å². The summed E-state index contributed by atoms with van der Waals surface area (Å²) in [4.78, 5) is 0. The van der Waals surface area contributed by atoms with Crippen LogP contribution in [0.15, 0.2) is 42.5 Å². The summed E-state index contributed by atoms with van der Waals surface area (Å²) in [6.07, 6.45) is 1.71. The van der Waals surface area contributed by atoms with E-state index in [1.807, 2.05) is 24.3 Å². The topological polar surface area (TPSA) is 9.23 Å². The molecule has 0 aromatic heterocycles. The fourth-order valence-corrected chi connectivity index (χ4v) is 3.02. The Labute approximate surface area is 138 Å². The number of ether oxygens (including phenoxy) is 1. The largest absolute Gasteiger partial charge is 0.494 e. The van der Waals surface area contributed by atoms with Crippen LogP contribution in [0.1, 0.15) is 11.1 Å². The quantitative estimate of drug-likeness (QED) is 0.627. The molecule has 0 saturated carbocycles. The summed E-state index contributed by atoms with van der Waals surface area (Å²) in [5.41, 5.74) is 2.17. The number of alkyl halides is 1. The molecule has 1 atom stereocenters. The zero-order valence-electron chi connectivity index (χ0n) is 11.8. The first-order valence-corrected chi connectivity index (χ1v) is 8.25. The van der Waals surface area contributed by atoms with Gasteiger partial charge in [0, 0.05) is 10.4 Å². The molecule has 0 N–H and O–H groups in total. The van der Waals surface area contributed by atoms with Gasteiger partial charge in [-0.25, -0.2) is 4.39 Å². The first-order valence-electron chi connectivity index (χ1n) is 6.75. The van der Waals surface area contributed by atoms with Crippen molar-refractivity contribution >= 4 is 27.5 Å². The van der Waals surface area contributed by atoms with Crippen molar-refractivity contribution in [2.75, 3.05) is 12.4 Å². The molecule has 112 valence electrons. The summed E-state index contributed by atoms with van der Waals surface area (Å²) < 4.78 is 18.7. The van der Waals surface area contributed by atoms with Gasteiger partial charge in [-0.05, 0) is 54.2 Å². The lowest BCUT2D eigenvalue weighted by molar-refractivity contribution is 0.386. The summed E-state index contributed by atoms with van der Waals surface area (Å²) in [5.74, 6) is 0.353. The minimum absolute atomic E-state index is 0.281. The van der Waals surface area contributed by atoms with E-state index < -0.39 is 0 Å². The van der Waals surface area contributed by atoms with Gasteiger partial charge >= 0.3 is 0 Å². The Balaban J connectivity index is 2.07. The highest BCUT2D eigenvalue weighted by atomic mass is 79.9. The maximum absolute atomic E-state index is 13.7. The molecular weight excluding hydrogens is 355 g/mol. The van der Waals surface area contributed by atoms with Crippen LogP contribution < -0.4 is 4.74 Å². The Morgan fingerprint density at radius 1 is 1.14 bits per heavy atom. The van der Waals surface area contributed by atoms with E-state index >= 15 is 0 Å². The molecule has 4 heteroatoms. The molecule has 0 bridgehead atoms. The number of hydrogen-bond donors (Lipinski definition) is 0. The van der Waals surface area contributed by atoms with Crippen LogP contribution in [-0.2, 0) is 12.8 Å². The first kappa shape index (κ1) is 16.3. The third-order valence-corrected chi connectivity index (χ3v) is 4.52. The normalized spacial score (nSPS) is 12.2. The average Bonchev–Trinajstić information content (AvgIpc) is 2.47. The molecule has 0 heterocycles. The summed E-state index contributed by atoms with van der Waals surface area (Å²) in [5, 5.41) is 1.60. The van der Waals surface area contributed by atoms with Gasteiger partial charge < -0.3 is 4.74 Å². The fraction of sp³-hybridized carbons (Fsp3) is 0.294. The fourth-order valence-electron chi connectivity index (χ4n) is 2.35. The Morgan fingerprint density at radius 3 is 2.43 bits per heavy atom. The van der Waals surface area contributed by atoms with Crippen molar-refractivity contribution < 1.29 is 9.13 Å². The van der Waals surface area contributed by atoms with E-state index in [9.17, 15) is 4.39 Å². The summed E-state index contributed by atoms with van der Waals surface area (Å²) in [6, 6.07) is 13.0. The van der Waals surface area contributed by atoms with E-state index in [1.54, 1.807) is 12.1 Å². The lowest BCUT2D eigenvalue weighted by Crippen LogP contribution is -2.10. The highest BCUT2D eigenvalue weighted by Crippen LogP contribution is 2.23. The maximum atomic E-state index is 13.7. The van der Waals surface area contributed by atoms with E-state index in [0.717, 1.165) is 28.8 Å². The van der Waals surface area contributed by atoms with Gasteiger partial charge in [-0.1, -0.05) is 45.7 Å². The maximum Gasteiger partial charge on any atom is 0.165 e. The standard InChI is InChI=1S/C17H17BrClFO/c1-21-17-6-5-13(10-16(17)20)8-14(11-18)7-12-3-2-4-15(19)9-12/h2-6,9-10,14H,7-8,11H2,1H3. The predicted molar refractivity (Wildman–Crippen MR) is 89.1 cm³/mol. The Morgan fingerprint density at radius 2 is 1.86 bits per heavy atom. The number of methoxy groups -OCH3 is 1. The molecule has 1 unspecified atom stereocenters. The number of benzene rings is 2. The minimum atomic E-state index is -0.314. The SMILES string of the molecule is COc1ccc(CC(CBr)Cc2cccc(Cl)c2)cc1F. The molecule has 0 spiro atoms. The number of halogens is 3. The second-order valence-corrected chi connectivity index (χ2v) is 6.11. The van der Waals surface area contributed by atoms with Gasteiger partial charge in [0.1, 0.15) is 0 Å². The van der Waals surface area contributed by atoms with E-state index in [4.69, 9.17) is 16.3 Å². The van der Waals surface area contributed by atoms with Crippen molar-refractivity contribution in [1.82, 2.24) is 0 Å². The third kappa shape index (κ3) is 4.72. The first-order chi connectivity index (χ1) is 10.1. The van der Waals surface area contributed by atoms with E-state index in [1.165, 1.54) is 12.7 Å². The zero-order valence-corrected chi connectivity index (χ0v) is 14.1. The van der Waals surface area contributed by atoms with Crippen molar-refractivity contribution in [2.45, 2.75) is 12.8 Å². The second kappa shape index (κ2) is 7.81. The number of rotatable bonds is 6. The molecule has 0 radical (unpaired) electrons. The lowest BCUT2D eigenvalue weighted by Gasteiger charge is -2.15. The molecule has 0 fully saturated rings. The Kier molecular flexibility index (Phi) is 6.07. The van der Waals surface area contributed by atoms with Crippen LogP contribution in [0.5, 0.6) is 5.75 Å². The smallest absolute Gasteiger partial charge is 0.165 e. The van der Waals surface area contributed by atoms with Crippen LogP contribution in [0.25, 0.3) is 0 Å². The predicted octanol–water partition coefficient (Wildman–Crippen LogP) is 5.28. The lowest BCUT2D eigenvalue weighted by atomic mass is 9.94. The molecule has 0 saturated heterocycles. The van der Waals surface area contributed by atoms with E-state index in [2.05, 4.69) is 22.0 Å². The van der Waals surface area contributed by atoms with Crippen LogP contribution in [0.2, 0.25) is 5.02 Å². The molecule has 2 rings (SSSR count). The summed E-state index contributed by atoms with van der Waals surface area (Å²) in [7, 11) is 1.47. The second-order valence-electron chi connectivity index (χ2n) is 5.03. The highest BCUT2D eigenvalue weighted by Gasteiger charge is 2.12. The van der Waals surface area contributed by atoms with Gasteiger partial charge in [0.05, 0.1) is 7.11 Å². The molecular formula is C17H17BrClFO. The monoisotopic (exact) mass is 370 g/mol. The van der Waals surface area contributed by atoms with Crippen molar-refractivity contribution in [3.05, 3.63) is 64.4 Å². The van der Waals surface area contributed by atoms with Gasteiger partial charge in [0.25, 0.3) is 0 Å². The van der Waals surface area contributed by atoms with Crippen molar-refractivity contribution in [3.8, 4) is 5.75 Å². The van der Waals surface area contributed by atoms with Crippen molar-refractivity contribution in [2.24, 2.45) is 5.92 Å². The zero-order chi connectivity index (χ0) is 15.2. The van der Waals surface area contributed by atoms with Crippen molar-refractivity contribution in [3.63, 3.8) is 0 Å². The molecule has 0 aliphatic heterocycles. The van der Waals surface area contributed by atoms with Crippen LogP contribution >= 0.6 is 27.5 Å². The molecule has 2 aromatic carbocycles. The molecule has 2 aromatic rings. The minimum Gasteiger partial charge on any atom is -0.494 e. The summed E-state index contributed by atoms with van der Waals surface area (Å²) in [6.45, 7) is 0. The molecule has 1 nitrogen and oxygen atoms in total. The molecule has 0 aliphatic carbocycles. The number of hydrogen-bond acceptors (Lipinski definition) is 1. The van der Waals surface area contributed by atoms with Gasteiger partial charge in [-0.15, -0.1) is 0 Å². The third-order valence-electron chi connectivity index (χ3n) is 3.37. The van der Waals surface area contributed by atoms with E-state index in [-0.39, 0.29) is 11.6 Å². The van der Waals surface area contributed by atoms with Crippen LogP contribution in [-0.4, -0.2) is 12.4 Å². The van der Waals surface area contributed by atoms with E-state index in [0.29, 0.717) is 5.92 Å². The highest BCUT2D eigenvalue weighted by molar-refractivity contribution is 9.09. The molecule has 0 aliphatic rings. The van der Waals surface area contributed by atoms with Gasteiger partial charge in [-0.2, -0.15) is 0 Å².